The molecule has 1 aliphatic rings. The first kappa shape index (κ1) is 21.3. The fraction of sp³-hybridized carbons (Fsp3) is 0.300. The Morgan fingerprint density at radius 2 is 1.38 bits per heavy atom. The first-order chi connectivity index (χ1) is 13.7. The molecule has 9 heteroatoms. The van der Waals surface area contributed by atoms with Gasteiger partial charge in [0.05, 0.1) is 0 Å². The summed E-state index contributed by atoms with van der Waals surface area (Å²) in [6, 6.07) is 6.17. The van der Waals surface area contributed by atoms with Gasteiger partial charge in [-0.25, -0.2) is 30.4 Å². The molecule has 0 aromatic heterocycles. The van der Waals surface area contributed by atoms with Crippen LogP contribution in [0.5, 0.6) is 0 Å². The van der Waals surface area contributed by atoms with Gasteiger partial charge in [-0.05, 0) is 30.4 Å². The number of terminal acetylenes is 1. The number of benzene rings is 2. The second-order valence-corrected chi connectivity index (χ2v) is 8.53. The van der Waals surface area contributed by atoms with Gasteiger partial charge in [-0.1, -0.05) is 24.3 Å². The molecule has 1 fully saturated rings. The first-order valence-electron chi connectivity index (χ1n) is 8.73. The fourth-order valence-corrected chi connectivity index (χ4v) is 4.70. The largest absolute Gasteiger partial charge is 0.249 e. The summed E-state index contributed by atoms with van der Waals surface area (Å²) in [7, 11) is -4.97. The summed E-state index contributed by atoms with van der Waals surface area (Å²) in [4.78, 5) is -1.83. The van der Waals surface area contributed by atoms with Gasteiger partial charge in [0.25, 0.3) is 0 Å². The van der Waals surface area contributed by atoms with E-state index in [1.807, 2.05) is 0 Å². The van der Waals surface area contributed by atoms with E-state index in [0.29, 0.717) is 31.2 Å². The molecule has 0 spiro atoms. The number of hydrogen-bond donors (Lipinski definition) is 0. The number of halogens is 5. The van der Waals surface area contributed by atoms with Crippen LogP contribution in [0, 0.1) is 41.4 Å². The predicted molar refractivity (Wildman–Crippen MR) is 95.6 cm³/mol. The van der Waals surface area contributed by atoms with Crippen LogP contribution in [-0.2, 0) is 23.0 Å². The van der Waals surface area contributed by atoms with Gasteiger partial charge in [0, 0.05) is 19.0 Å². The molecule has 3 rings (SSSR count). The highest BCUT2D eigenvalue weighted by Crippen LogP contribution is 2.36. The van der Waals surface area contributed by atoms with Crippen LogP contribution in [-0.4, -0.2) is 18.8 Å². The number of sulfonamides is 1. The van der Waals surface area contributed by atoms with Crippen molar-refractivity contribution in [2.24, 2.45) is 0 Å². The van der Waals surface area contributed by atoms with Gasteiger partial charge in [0.15, 0.2) is 28.2 Å². The van der Waals surface area contributed by atoms with Gasteiger partial charge in [-0.15, -0.1) is 12.3 Å². The Morgan fingerprint density at radius 1 is 0.897 bits per heavy atom. The standard InChI is InChI=1S/C20H16F5NO2S/c1-2-3-4-12-5-7-13(8-6-12)11-26(14-9-10-14)29(27,28)20-18(24)16(22)15(21)17(23)19(20)25/h1,5-8,14H,3-4,9-11H2. The van der Waals surface area contributed by atoms with Gasteiger partial charge in [-0.3, -0.25) is 0 Å². The molecule has 0 N–H and O–H groups in total. The van der Waals surface area contributed by atoms with Crippen LogP contribution in [0.25, 0.3) is 0 Å². The summed E-state index contributed by atoms with van der Waals surface area (Å²) in [5.41, 5.74) is 1.43. The molecule has 3 nitrogen and oxygen atoms in total. The minimum atomic E-state index is -4.97. The average Bonchev–Trinajstić information content (AvgIpc) is 3.53. The molecule has 29 heavy (non-hydrogen) atoms. The van der Waals surface area contributed by atoms with E-state index >= 15 is 0 Å². The second kappa shape index (κ2) is 8.13. The summed E-state index contributed by atoms with van der Waals surface area (Å²) in [6.07, 6.45) is 7.22. The molecule has 2 aromatic rings. The molecule has 0 aliphatic heterocycles. The zero-order valence-electron chi connectivity index (χ0n) is 15.1. The van der Waals surface area contributed by atoms with Crippen molar-refractivity contribution < 1.29 is 30.4 Å². The molecule has 154 valence electrons. The topological polar surface area (TPSA) is 37.4 Å². The van der Waals surface area contributed by atoms with Crippen molar-refractivity contribution in [3.8, 4) is 12.3 Å². The third-order valence-corrected chi connectivity index (χ3v) is 6.53. The molecule has 0 bridgehead atoms. The normalized spacial score (nSPS) is 14.2. The van der Waals surface area contributed by atoms with Gasteiger partial charge in [0.2, 0.25) is 15.8 Å². The molecule has 2 aromatic carbocycles. The molecule has 0 atom stereocenters. The van der Waals surface area contributed by atoms with Crippen LogP contribution in [0.15, 0.2) is 29.2 Å². The Morgan fingerprint density at radius 3 is 1.86 bits per heavy atom. The second-order valence-electron chi connectivity index (χ2n) is 6.70. The summed E-state index contributed by atoms with van der Waals surface area (Å²) in [6.45, 7) is -0.262. The van der Waals surface area contributed by atoms with E-state index < -0.39 is 50.0 Å². The third kappa shape index (κ3) is 4.14. The SMILES string of the molecule is C#CCCc1ccc(CN(C2CC2)S(=O)(=O)c2c(F)c(F)c(F)c(F)c2F)cc1. The van der Waals surface area contributed by atoms with Crippen molar-refractivity contribution in [2.45, 2.75) is 43.2 Å². The van der Waals surface area contributed by atoms with E-state index in [1.54, 1.807) is 24.3 Å². The number of nitrogens with zero attached hydrogens (tertiary/aromatic N) is 1. The lowest BCUT2D eigenvalue weighted by atomic mass is 10.1. The molecule has 0 unspecified atom stereocenters. The van der Waals surface area contributed by atoms with Crippen molar-refractivity contribution in [3.63, 3.8) is 0 Å². The van der Waals surface area contributed by atoms with Crippen molar-refractivity contribution in [1.29, 1.82) is 0 Å². The molecule has 0 saturated heterocycles. The third-order valence-electron chi connectivity index (χ3n) is 4.61. The van der Waals surface area contributed by atoms with Gasteiger partial charge in [-0.2, -0.15) is 4.31 Å². The Bertz CT molecular complexity index is 1040. The van der Waals surface area contributed by atoms with Crippen molar-refractivity contribution >= 4 is 10.0 Å². The van der Waals surface area contributed by atoms with E-state index in [2.05, 4.69) is 5.92 Å². The molecular weight excluding hydrogens is 413 g/mol. The Kier molecular flexibility index (Phi) is 5.96. The van der Waals surface area contributed by atoms with Crippen LogP contribution in [0.3, 0.4) is 0 Å². The minimum Gasteiger partial charge on any atom is -0.207 e. The number of aryl methyl sites for hydroxylation is 1. The highest BCUT2D eigenvalue weighted by molar-refractivity contribution is 7.89. The van der Waals surface area contributed by atoms with E-state index in [-0.39, 0.29) is 6.54 Å². The van der Waals surface area contributed by atoms with Crippen molar-refractivity contribution in [3.05, 3.63) is 64.5 Å². The highest BCUT2D eigenvalue weighted by Gasteiger charge is 2.43. The Labute approximate surface area is 165 Å². The zero-order valence-corrected chi connectivity index (χ0v) is 15.9. The summed E-state index contributed by atoms with van der Waals surface area (Å²) < 4.78 is 95.0. The molecule has 1 saturated carbocycles. The molecule has 0 amide bonds. The monoisotopic (exact) mass is 429 g/mol. The van der Waals surface area contributed by atoms with E-state index in [0.717, 1.165) is 9.87 Å². The zero-order chi connectivity index (χ0) is 21.3. The lowest BCUT2D eigenvalue weighted by Crippen LogP contribution is -2.34. The van der Waals surface area contributed by atoms with Crippen molar-refractivity contribution in [1.82, 2.24) is 4.31 Å². The predicted octanol–water partition coefficient (Wildman–Crippen LogP) is 4.30. The van der Waals surface area contributed by atoms with E-state index in [9.17, 15) is 30.4 Å². The maximum Gasteiger partial charge on any atom is 0.249 e. The lowest BCUT2D eigenvalue weighted by Gasteiger charge is -2.23. The van der Waals surface area contributed by atoms with Crippen LogP contribution >= 0.6 is 0 Å². The maximum atomic E-state index is 14.1. The Hall–Kier alpha value is -2.44. The summed E-state index contributed by atoms with van der Waals surface area (Å²) >= 11 is 0. The van der Waals surface area contributed by atoms with Crippen LogP contribution in [0.4, 0.5) is 22.0 Å². The van der Waals surface area contributed by atoms with Gasteiger partial charge >= 0.3 is 0 Å². The highest BCUT2D eigenvalue weighted by atomic mass is 32.2. The average molecular weight is 429 g/mol. The molecule has 0 radical (unpaired) electrons. The van der Waals surface area contributed by atoms with Crippen LogP contribution in [0.1, 0.15) is 30.4 Å². The summed E-state index contributed by atoms with van der Waals surface area (Å²) in [5, 5.41) is 0. The molecule has 0 heterocycles. The lowest BCUT2D eigenvalue weighted by molar-refractivity contribution is 0.346. The fourth-order valence-electron chi connectivity index (χ4n) is 2.91. The minimum absolute atomic E-state index is 0.262. The summed E-state index contributed by atoms with van der Waals surface area (Å²) in [5.74, 6) is -9.22. The van der Waals surface area contributed by atoms with Crippen LogP contribution in [0.2, 0.25) is 0 Å². The molecule has 1 aliphatic carbocycles. The van der Waals surface area contributed by atoms with E-state index in [1.165, 1.54) is 0 Å². The first-order valence-corrected chi connectivity index (χ1v) is 10.2. The van der Waals surface area contributed by atoms with Crippen molar-refractivity contribution in [2.75, 3.05) is 0 Å². The quantitative estimate of drug-likeness (QED) is 0.285. The van der Waals surface area contributed by atoms with E-state index in [4.69, 9.17) is 6.42 Å². The number of rotatable bonds is 7. The Balaban J connectivity index is 1.97. The maximum absolute atomic E-state index is 14.1. The smallest absolute Gasteiger partial charge is 0.207 e. The van der Waals surface area contributed by atoms with Crippen LogP contribution < -0.4 is 0 Å². The molecular formula is C20H16F5NO2S. The number of hydrogen-bond acceptors (Lipinski definition) is 2. The van der Waals surface area contributed by atoms with Gasteiger partial charge < -0.3 is 0 Å². The van der Waals surface area contributed by atoms with Gasteiger partial charge in [0.1, 0.15) is 0 Å².